The molecule has 0 bridgehead atoms. The minimum atomic E-state index is -0.296. The zero-order chi connectivity index (χ0) is 13.5. The summed E-state index contributed by atoms with van der Waals surface area (Å²) in [4.78, 5) is 23.1. The third-order valence-corrected chi connectivity index (χ3v) is 2.37. The lowest BCUT2D eigenvalue weighted by Crippen LogP contribution is -2.27. The van der Waals surface area contributed by atoms with Crippen LogP contribution in [-0.2, 0) is 9.53 Å². The van der Waals surface area contributed by atoms with Crippen molar-refractivity contribution < 1.29 is 14.3 Å². The molecule has 0 spiro atoms. The van der Waals surface area contributed by atoms with Gasteiger partial charge in [-0.25, -0.2) is 0 Å². The number of hydrogen-bond acceptors (Lipinski definition) is 3. The molecule has 1 aromatic rings. The highest BCUT2D eigenvalue weighted by atomic mass is 16.5. The van der Waals surface area contributed by atoms with Crippen LogP contribution in [0.25, 0.3) is 0 Å². The Kier molecular flexibility index (Phi) is 5.36. The first-order valence-corrected chi connectivity index (χ1v) is 6.04. The van der Waals surface area contributed by atoms with Crippen molar-refractivity contribution in [2.75, 3.05) is 6.54 Å². The Morgan fingerprint density at radius 3 is 2.56 bits per heavy atom. The van der Waals surface area contributed by atoms with E-state index in [2.05, 4.69) is 5.32 Å². The molecule has 4 heteroatoms. The summed E-state index contributed by atoms with van der Waals surface area (Å²) in [5.74, 6) is -0.458. The van der Waals surface area contributed by atoms with Crippen LogP contribution >= 0.6 is 0 Å². The second-order valence-corrected chi connectivity index (χ2v) is 4.36. The fraction of sp³-hybridized carbons (Fsp3) is 0.429. The Labute approximate surface area is 107 Å². The third kappa shape index (κ3) is 4.57. The van der Waals surface area contributed by atoms with Crippen molar-refractivity contribution in [2.24, 2.45) is 0 Å². The summed E-state index contributed by atoms with van der Waals surface area (Å²) in [7, 11) is 0. The number of carbonyl (C=O) groups excluding carboxylic acids is 2. The first-order valence-electron chi connectivity index (χ1n) is 6.04. The van der Waals surface area contributed by atoms with E-state index in [1.807, 2.05) is 25.1 Å². The average molecular weight is 249 g/mol. The van der Waals surface area contributed by atoms with Crippen LogP contribution in [0.5, 0.6) is 0 Å². The Morgan fingerprint density at radius 1 is 1.28 bits per heavy atom. The van der Waals surface area contributed by atoms with Crippen molar-refractivity contribution in [1.82, 2.24) is 5.32 Å². The van der Waals surface area contributed by atoms with E-state index in [0.29, 0.717) is 12.1 Å². The molecular formula is C14H19NO3. The zero-order valence-corrected chi connectivity index (χ0v) is 11.0. The fourth-order valence-electron chi connectivity index (χ4n) is 1.52. The molecule has 0 saturated carbocycles. The molecule has 0 aliphatic heterocycles. The molecule has 18 heavy (non-hydrogen) atoms. The van der Waals surface area contributed by atoms with Gasteiger partial charge in [-0.1, -0.05) is 18.2 Å². The summed E-state index contributed by atoms with van der Waals surface area (Å²) in [6.45, 7) is 5.76. The van der Waals surface area contributed by atoms with E-state index in [-0.39, 0.29) is 24.4 Å². The monoisotopic (exact) mass is 249 g/mol. The van der Waals surface area contributed by atoms with Gasteiger partial charge in [-0.15, -0.1) is 0 Å². The van der Waals surface area contributed by atoms with Crippen LogP contribution < -0.4 is 5.32 Å². The van der Waals surface area contributed by atoms with Gasteiger partial charge < -0.3 is 10.1 Å². The number of hydrogen-bond donors (Lipinski definition) is 1. The fourth-order valence-corrected chi connectivity index (χ4v) is 1.52. The SMILES string of the molecule is Cc1ccccc1C(=O)NCCC(=O)OC(C)C. The molecule has 0 fully saturated rings. The number of carbonyl (C=O) groups is 2. The second-order valence-electron chi connectivity index (χ2n) is 4.36. The van der Waals surface area contributed by atoms with E-state index >= 15 is 0 Å². The van der Waals surface area contributed by atoms with Crippen molar-refractivity contribution >= 4 is 11.9 Å². The second kappa shape index (κ2) is 6.79. The van der Waals surface area contributed by atoms with Crippen molar-refractivity contribution in [3.63, 3.8) is 0 Å². The lowest BCUT2D eigenvalue weighted by molar-refractivity contribution is -0.147. The van der Waals surface area contributed by atoms with Gasteiger partial charge in [0.05, 0.1) is 12.5 Å². The number of benzene rings is 1. The van der Waals surface area contributed by atoms with Crippen molar-refractivity contribution in [2.45, 2.75) is 33.3 Å². The maximum absolute atomic E-state index is 11.8. The van der Waals surface area contributed by atoms with Gasteiger partial charge in [0.15, 0.2) is 0 Å². The molecule has 98 valence electrons. The van der Waals surface area contributed by atoms with E-state index < -0.39 is 0 Å². The molecule has 1 amide bonds. The summed E-state index contributed by atoms with van der Waals surface area (Å²) in [5, 5.41) is 2.70. The third-order valence-electron chi connectivity index (χ3n) is 2.37. The molecule has 0 aliphatic rings. The van der Waals surface area contributed by atoms with Crippen LogP contribution in [0.3, 0.4) is 0 Å². The van der Waals surface area contributed by atoms with Crippen LogP contribution in [0.4, 0.5) is 0 Å². The Balaban J connectivity index is 2.39. The topological polar surface area (TPSA) is 55.4 Å². The first kappa shape index (κ1) is 14.2. The number of nitrogens with one attached hydrogen (secondary N) is 1. The molecule has 0 aromatic heterocycles. The summed E-state index contributed by atoms with van der Waals surface area (Å²) in [6.07, 6.45) is 0.0695. The highest BCUT2D eigenvalue weighted by Gasteiger charge is 2.09. The maximum Gasteiger partial charge on any atom is 0.307 e. The molecule has 1 aromatic carbocycles. The molecule has 0 heterocycles. The van der Waals surface area contributed by atoms with Gasteiger partial charge in [0, 0.05) is 12.1 Å². The predicted molar refractivity (Wildman–Crippen MR) is 69.4 cm³/mol. The molecule has 4 nitrogen and oxygen atoms in total. The molecule has 0 aliphatic carbocycles. The van der Waals surface area contributed by atoms with Crippen LogP contribution in [-0.4, -0.2) is 24.5 Å². The van der Waals surface area contributed by atoms with Gasteiger partial charge in [-0.05, 0) is 32.4 Å². The number of amides is 1. The molecule has 1 rings (SSSR count). The quantitative estimate of drug-likeness (QED) is 0.813. The number of esters is 1. The largest absolute Gasteiger partial charge is 0.463 e. The lowest BCUT2D eigenvalue weighted by atomic mass is 10.1. The van der Waals surface area contributed by atoms with Gasteiger partial charge in [-0.2, -0.15) is 0 Å². The molecule has 0 radical (unpaired) electrons. The van der Waals surface area contributed by atoms with Crippen molar-refractivity contribution in [1.29, 1.82) is 0 Å². The van der Waals surface area contributed by atoms with E-state index in [0.717, 1.165) is 5.56 Å². The molecule has 0 saturated heterocycles. The minimum Gasteiger partial charge on any atom is -0.463 e. The standard InChI is InChI=1S/C14H19NO3/c1-10(2)18-13(16)8-9-15-14(17)12-7-5-4-6-11(12)3/h4-7,10H,8-9H2,1-3H3,(H,15,17). The van der Waals surface area contributed by atoms with Crippen LogP contribution in [0.15, 0.2) is 24.3 Å². The summed E-state index contributed by atoms with van der Waals surface area (Å²) < 4.78 is 4.97. The molecule has 1 N–H and O–H groups in total. The van der Waals surface area contributed by atoms with E-state index in [1.54, 1.807) is 19.9 Å². The molecular weight excluding hydrogens is 230 g/mol. The predicted octanol–water partition coefficient (Wildman–Crippen LogP) is 2.07. The molecule has 0 unspecified atom stereocenters. The highest BCUT2D eigenvalue weighted by molar-refractivity contribution is 5.95. The van der Waals surface area contributed by atoms with Crippen LogP contribution in [0.1, 0.15) is 36.2 Å². The van der Waals surface area contributed by atoms with Gasteiger partial charge in [0.1, 0.15) is 0 Å². The highest BCUT2D eigenvalue weighted by Crippen LogP contribution is 2.06. The maximum atomic E-state index is 11.8. The van der Waals surface area contributed by atoms with Gasteiger partial charge >= 0.3 is 5.97 Å². The average Bonchev–Trinajstić information content (AvgIpc) is 2.28. The molecule has 0 atom stereocenters. The minimum absolute atomic E-state index is 0.121. The number of aryl methyl sites for hydroxylation is 1. The Morgan fingerprint density at radius 2 is 1.94 bits per heavy atom. The number of ether oxygens (including phenoxy) is 1. The Bertz CT molecular complexity index is 427. The summed E-state index contributed by atoms with van der Waals surface area (Å²) in [6, 6.07) is 7.33. The lowest BCUT2D eigenvalue weighted by Gasteiger charge is -2.09. The van der Waals surface area contributed by atoms with E-state index in [4.69, 9.17) is 4.74 Å². The van der Waals surface area contributed by atoms with E-state index in [1.165, 1.54) is 0 Å². The first-order chi connectivity index (χ1) is 8.50. The summed E-state index contributed by atoms with van der Waals surface area (Å²) >= 11 is 0. The van der Waals surface area contributed by atoms with Crippen LogP contribution in [0, 0.1) is 6.92 Å². The van der Waals surface area contributed by atoms with Gasteiger partial charge in [0.2, 0.25) is 0 Å². The van der Waals surface area contributed by atoms with Gasteiger partial charge in [-0.3, -0.25) is 9.59 Å². The smallest absolute Gasteiger partial charge is 0.307 e. The Hall–Kier alpha value is -1.84. The van der Waals surface area contributed by atoms with Crippen molar-refractivity contribution in [3.8, 4) is 0 Å². The normalized spacial score (nSPS) is 10.2. The number of rotatable bonds is 5. The zero-order valence-electron chi connectivity index (χ0n) is 11.0. The van der Waals surface area contributed by atoms with Crippen LogP contribution in [0.2, 0.25) is 0 Å². The van der Waals surface area contributed by atoms with Gasteiger partial charge in [0.25, 0.3) is 5.91 Å². The van der Waals surface area contributed by atoms with E-state index in [9.17, 15) is 9.59 Å². The van der Waals surface area contributed by atoms with Crippen molar-refractivity contribution in [3.05, 3.63) is 35.4 Å². The summed E-state index contributed by atoms with van der Waals surface area (Å²) in [5.41, 5.74) is 1.55.